The molecule has 3 aromatic rings. The van der Waals surface area contributed by atoms with Crippen molar-refractivity contribution in [3.05, 3.63) is 83.9 Å². The summed E-state index contributed by atoms with van der Waals surface area (Å²) in [6, 6.07) is 20.9. The zero-order chi connectivity index (χ0) is 23.5. The largest absolute Gasteiger partial charge is 0.480 e. The minimum Gasteiger partial charge on any atom is -0.480 e. The molecule has 1 aliphatic rings. The number of urea groups is 1. The van der Waals surface area contributed by atoms with Gasteiger partial charge in [-0.15, -0.1) is 0 Å². The molecule has 0 radical (unpaired) electrons. The average molecular weight is 444 g/mol. The second-order valence-corrected chi connectivity index (χ2v) is 8.35. The summed E-state index contributed by atoms with van der Waals surface area (Å²) in [5, 5.41) is 15.1. The third-order valence-electron chi connectivity index (χ3n) is 5.67. The molecule has 7 nitrogen and oxygen atoms in total. The van der Waals surface area contributed by atoms with Crippen LogP contribution in [0.15, 0.2) is 72.8 Å². The molecule has 1 atom stereocenters. The van der Waals surface area contributed by atoms with E-state index in [-0.39, 0.29) is 17.9 Å². The fourth-order valence-electron chi connectivity index (χ4n) is 4.07. The summed E-state index contributed by atoms with van der Waals surface area (Å²) >= 11 is 0. The van der Waals surface area contributed by atoms with Crippen LogP contribution in [0.5, 0.6) is 0 Å². The van der Waals surface area contributed by atoms with E-state index < -0.39 is 12.0 Å². The van der Waals surface area contributed by atoms with Gasteiger partial charge in [0.25, 0.3) is 5.91 Å². The zero-order valence-corrected chi connectivity index (χ0v) is 18.4. The van der Waals surface area contributed by atoms with Crippen LogP contribution in [0.3, 0.4) is 0 Å². The van der Waals surface area contributed by atoms with E-state index >= 15 is 0 Å². The second kappa shape index (κ2) is 9.16. The molecule has 3 aromatic carbocycles. The minimum absolute atomic E-state index is 0.195. The van der Waals surface area contributed by atoms with E-state index in [2.05, 4.69) is 10.6 Å². The highest BCUT2D eigenvalue weighted by molar-refractivity contribution is 6.02. The molecule has 0 aromatic heterocycles. The average Bonchev–Trinajstić information content (AvgIpc) is 3.10. The maximum Gasteiger partial charge on any atom is 0.326 e. The van der Waals surface area contributed by atoms with E-state index in [4.69, 9.17) is 0 Å². The van der Waals surface area contributed by atoms with Crippen LogP contribution in [-0.2, 0) is 11.3 Å². The summed E-state index contributed by atoms with van der Waals surface area (Å²) in [6.45, 7) is 3.90. The lowest BCUT2D eigenvalue weighted by atomic mass is 10.00. The van der Waals surface area contributed by atoms with Crippen LogP contribution in [0.2, 0.25) is 0 Å². The Morgan fingerprint density at radius 1 is 0.879 bits per heavy atom. The fourth-order valence-corrected chi connectivity index (χ4v) is 4.07. The summed E-state index contributed by atoms with van der Waals surface area (Å²) in [4.78, 5) is 38.3. The molecule has 3 N–H and O–H groups in total. The molecule has 0 spiro atoms. The summed E-state index contributed by atoms with van der Waals surface area (Å²) in [6.07, 6.45) is 0. The Labute approximate surface area is 192 Å². The van der Waals surface area contributed by atoms with Crippen LogP contribution in [0.4, 0.5) is 16.2 Å². The van der Waals surface area contributed by atoms with Gasteiger partial charge >= 0.3 is 12.0 Å². The normalized spacial score (nSPS) is 13.5. The van der Waals surface area contributed by atoms with Crippen LogP contribution in [0.1, 0.15) is 29.8 Å². The topological polar surface area (TPSA) is 98.7 Å². The van der Waals surface area contributed by atoms with Crippen LogP contribution in [0.25, 0.3) is 11.1 Å². The van der Waals surface area contributed by atoms with Crippen molar-refractivity contribution in [3.8, 4) is 11.1 Å². The number of anilines is 2. The number of carboxylic acid groups (broad SMARTS) is 1. The number of carbonyl (C=O) groups excluding carboxylic acids is 2. The summed E-state index contributed by atoms with van der Waals surface area (Å²) in [5.41, 5.74) is 4.43. The van der Waals surface area contributed by atoms with Gasteiger partial charge in [-0.3, -0.25) is 4.79 Å². The van der Waals surface area contributed by atoms with Gasteiger partial charge in [-0.1, -0.05) is 56.3 Å². The third kappa shape index (κ3) is 4.72. The molecule has 0 saturated heterocycles. The Hall–Kier alpha value is -4.13. The lowest BCUT2D eigenvalue weighted by Gasteiger charge is -2.27. The van der Waals surface area contributed by atoms with E-state index in [0.717, 1.165) is 16.7 Å². The maximum atomic E-state index is 13.0. The van der Waals surface area contributed by atoms with Crippen LogP contribution >= 0.6 is 0 Å². The van der Waals surface area contributed by atoms with Gasteiger partial charge in [-0.05, 0) is 52.9 Å². The number of rotatable bonds is 6. The first-order valence-corrected chi connectivity index (χ1v) is 10.7. The number of hydrogen-bond acceptors (Lipinski definition) is 3. The first-order valence-electron chi connectivity index (χ1n) is 10.7. The Balaban J connectivity index is 1.48. The molecule has 0 fully saturated rings. The zero-order valence-electron chi connectivity index (χ0n) is 18.4. The highest BCUT2D eigenvalue weighted by atomic mass is 16.4. The first-order chi connectivity index (χ1) is 15.8. The smallest absolute Gasteiger partial charge is 0.326 e. The highest BCUT2D eigenvalue weighted by Gasteiger charge is 2.38. The molecule has 0 saturated carbocycles. The molecule has 33 heavy (non-hydrogen) atoms. The standard InChI is InChI=1S/C26H25N3O4/c1-16(2)23(25(31)32)29-15-19-9-8-18(14-22(19)24(29)30)17-10-12-21(13-11-17)28-26(33)27-20-6-4-3-5-7-20/h3-14,16,23H,15H2,1-2H3,(H,31,32)(H2,27,28,33). The number of para-hydroxylation sites is 1. The summed E-state index contributed by atoms with van der Waals surface area (Å²) < 4.78 is 0. The van der Waals surface area contributed by atoms with Crippen LogP contribution in [-0.4, -0.2) is 34.0 Å². The third-order valence-corrected chi connectivity index (χ3v) is 5.67. The van der Waals surface area contributed by atoms with E-state index in [1.54, 1.807) is 44.2 Å². The van der Waals surface area contributed by atoms with Crippen molar-refractivity contribution >= 4 is 29.3 Å². The van der Waals surface area contributed by atoms with Gasteiger partial charge in [0.2, 0.25) is 0 Å². The first kappa shape index (κ1) is 22.1. The van der Waals surface area contributed by atoms with Gasteiger partial charge in [0.15, 0.2) is 0 Å². The Morgan fingerprint density at radius 3 is 2.09 bits per heavy atom. The number of hydrogen-bond donors (Lipinski definition) is 3. The highest BCUT2D eigenvalue weighted by Crippen LogP contribution is 2.31. The molecule has 7 heteroatoms. The SMILES string of the molecule is CC(C)C(C(=O)O)N1Cc2ccc(-c3ccc(NC(=O)Nc4ccccc4)cc3)cc2C1=O. The van der Waals surface area contributed by atoms with E-state index in [0.29, 0.717) is 23.5 Å². The van der Waals surface area contributed by atoms with Gasteiger partial charge in [-0.25, -0.2) is 9.59 Å². The number of fused-ring (bicyclic) bond motifs is 1. The quantitative estimate of drug-likeness (QED) is 0.496. The molecule has 3 amide bonds. The monoisotopic (exact) mass is 443 g/mol. The lowest BCUT2D eigenvalue weighted by molar-refractivity contribution is -0.144. The molecule has 1 aliphatic heterocycles. The van der Waals surface area contributed by atoms with Gasteiger partial charge in [-0.2, -0.15) is 0 Å². The van der Waals surface area contributed by atoms with Crippen LogP contribution < -0.4 is 10.6 Å². The van der Waals surface area contributed by atoms with Crippen molar-refractivity contribution < 1.29 is 19.5 Å². The molecule has 0 aliphatic carbocycles. The summed E-state index contributed by atoms with van der Waals surface area (Å²) in [5.74, 6) is -1.45. The molecular weight excluding hydrogens is 418 g/mol. The Morgan fingerprint density at radius 2 is 1.48 bits per heavy atom. The van der Waals surface area contributed by atoms with Crippen molar-refractivity contribution in [3.63, 3.8) is 0 Å². The van der Waals surface area contributed by atoms with Gasteiger partial charge < -0.3 is 20.6 Å². The predicted octanol–water partition coefficient (Wildman–Crippen LogP) is 5.06. The molecule has 0 bridgehead atoms. The summed E-state index contributed by atoms with van der Waals surface area (Å²) in [7, 11) is 0. The van der Waals surface area contributed by atoms with Crippen LogP contribution in [0, 0.1) is 5.92 Å². The molecule has 4 rings (SSSR count). The second-order valence-electron chi connectivity index (χ2n) is 8.35. The number of nitrogens with zero attached hydrogens (tertiary/aromatic N) is 1. The molecule has 1 unspecified atom stereocenters. The van der Waals surface area contributed by atoms with Crippen molar-refractivity contribution in [2.75, 3.05) is 10.6 Å². The van der Waals surface area contributed by atoms with Crippen molar-refractivity contribution in [2.24, 2.45) is 5.92 Å². The van der Waals surface area contributed by atoms with Crippen molar-refractivity contribution in [2.45, 2.75) is 26.4 Å². The number of carbonyl (C=O) groups is 3. The van der Waals surface area contributed by atoms with Crippen molar-refractivity contribution in [1.29, 1.82) is 0 Å². The van der Waals surface area contributed by atoms with E-state index in [9.17, 15) is 19.5 Å². The van der Waals surface area contributed by atoms with Gasteiger partial charge in [0.1, 0.15) is 6.04 Å². The number of aliphatic carboxylic acids is 1. The molecular formula is C26H25N3O4. The number of amides is 3. The van der Waals surface area contributed by atoms with Gasteiger partial charge in [0.05, 0.1) is 0 Å². The lowest BCUT2D eigenvalue weighted by Crippen LogP contribution is -2.44. The number of carboxylic acids is 1. The predicted molar refractivity (Wildman–Crippen MR) is 127 cm³/mol. The Bertz CT molecular complexity index is 1190. The maximum absolute atomic E-state index is 13.0. The number of nitrogens with one attached hydrogen (secondary N) is 2. The van der Waals surface area contributed by atoms with Crippen molar-refractivity contribution in [1.82, 2.24) is 4.90 Å². The fraction of sp³-hybridized carbons (Fsp3) is 0.192. The van der Waals surface area contributed by atoms with E-state index in [1.807, 2.05) is 42.5 Å². The Kier molecular flexibility index (Phi) is 6.13. The molecule has 168 valence electrons. The molecule has 1 heterocycles. The van der Waals surface area contributed by atoms with E-state index in [1.165, 1.54) is 4.90 Å². The minimum atomic E-state index is -0.995. The number of benzene rings is 3. The van der Waals surface area contributed by atoms with Gasteiger partial charge in [0, 0.05) is 23.5 Å².